The van der Waals surface area contributed by atoms with E-state index < -0.39 is 5.82 Å². The summed E-state index contributed by atoms with van der Waals surface area (Å²) in [5, 5.41) is 5.42. The molecule has 9 nitrogen and oxygen atoms in total. The van der Waals surface area contributed by atoms with Crippen molar-refractivity contribution < 1.29 is 28.2 Å². The van der Waals surface area contributed by atoms with E-state index in [0.717, 1.165) is 25.7 Å². The van der Waals surface area contributed by atoms with Gasteiger partial charge >= 0.3 is 6.03 Å². The van der Waals surface area contributed by atoms with Crippen LogP contribution in [0.25, 0.3) is 10.2 Å². The minimum absolute atomic E-state index is 0.00975. The summed E-state index contributed by atoms with van der Waals surface area (Å²) in [4.78, 5) is 32.0. The topological polar surface area (TPSA) is 102 Å². The van der Waals surface area contributed by atoms with Gasteiger partial charge in [-0.25, -0.2) is 9.18 Å². The van der Waals surface area contributed by atoms with Crippen molar-refractivity contribution in [2.75, 3.05) is 18.4 Å². The summed E-state index contributed by atoms with van der Waals surface area (Å²) in [7, 11) is 0. The van der Waals surface area contributed by atoms with Crippen molar-refractivity contribution in [1.82, 2.24) is 15.2 Å². The third-order valence-electron chi connectivity index (χ3n) is 6.69. The molecular weight excluding hydrogens is 499 g/mol. The summed E-state index contributed by atoms with van der Waals surface area (Å²) in [6, 6.07) is 7.50. The number of halogens is 1. The van der Waals surface area contributed by atoms with Gasteiger partial charge in [-0.15, -0.1) is 11.3 Å². The Morgan fingerprint density at radius 3 is 2.76 bits per heavy atom. The van der Waals surface area contributed by atoms with Gasteiger partial charge in [-0.2, -0.15) is 0 Å². The van der Waals surface area contributed by atoms with E-state index in [-0.39, 0.29) is 42.2 Å². The number of nitrogens with one attached hydrogen (secondary N) is 2. The number of pyridine rings is 1. The molecule has 1 saturated carbocycles. The van der Waals surface area contributed by atoms with Gasteiger partial charge in [0, 0.05) is 49.1 Å². The van der Waals surface area contributed by atoms with Crippen molar-refractivity contribution in [2.24, 2.45) is 5.92 Å². The average Bonchev–Trinajstić information content (AvgIpc) is 3.57. The number of carbonyl (C=O) groups excluding carboxylic acids is 2. The number of hydrogen-bond acceptors (Lipinski definition) is 7. The molecule has 3 aliphatic rings. The number of thiophene rings is 1. The maximum atomic E-state index is 14.8. The van der Waals surface area contributed by atoms with Gasteiger partial charge in [0.25, 0.3) is 5.91 Å². The van der Waals surface area contributed by atoms with Gasteiger partial charge in [0.15, 0.2) is 24.1 Å². The maximum absolute atomic E-state index is 14.8. The number of urea groups is 1. The van der Waals surface area contributed by atoms with Gasteiger partial charge in [-0.1, -0.05) is 0 Å². The molecule has 1 aliphatic carbocycles. The normalized spacial score (nSPS) is 23.4. The van der Waals surface area contributed by atoms with E-state index in [4.69, 9.17) is 14.2 Å². The predicted molar refractivity (Wildman–Crippen MR) is 135 cm³/mol. The van der Waals surface area contributed by atoms with E-state index in [1.807, 2.05) is 11.8 Å². The van der Waals surface area contributed by atoms with Gasteiger partial charge in [-0.3, -0.25) is 9.78 Å². The van der Waals surface area contributed by atoms with Crippen LogP contribution < -0.4 is 15.4 Å². The molecule has 0 radical (unpaired) electrons. The number of likely N-dealkylation sites (tertiary alicyclic amines) is 1. The van der Waals surface area contributed by atoms with E-state index >= 15 is 0 Å². The third-order valence-corrected chi connectivity index (χ3v) is 7.82. The first-order chi connectivity index (χ1) is 17.9. The maximum Gasteiger partial charge on any atom is 0.319 e. The molecule has 0 spiro atoms. The van der Waals surface area contributed by atoms with Crippen molar-refractivity contribution in [3.8, 4) is 11.5 Å². The first kappa shape index (κ1) is 24.1. The summed E-state index contributed by atoms with van der Waals surface area (Å²) >= 11 is 1.27. The monoisotopic (exact) mass is 526 g/mol. The average molecular weight is 527 g/mol. The fourth-order valence-corrected chi connectivity index (χ4v) is 5.68. The number of carbonyl (C=O) groups is 2. The number of anilines is 1. The van der Waals surface area contributed by atoms with Gasteiger partial charge in [-0.05, 0) is 50.8 Å². The predicted octanol–water partition coefficient (Wildman–Crippen LogP) is 5.08. The number of hydrogen-bond donors (Lipinski definition) is 2. The van der Waals surface area contributed by atoms with Gasteiger partial charge in [0.2, 0.25) is 0 Å². The molecule has 11 heteroatoms. The zero-order valence-electron chi connectivity index (χ0n) is 20.2. The van der Waals surface area contributed by atoms with Crippen molar-refractivity contribution >= 4 is 39.2 Å². The Morgan fingerprint density at radius 2 is 2.00 bits per heavy atom. The Labute approximate surface area is 216 Å². The lowest BCUT2D eigenvalue weighted by molar-refractivity contribution is -0.394. The smallest absolute Gasteiger partial charge is 0.319 e. The minimum Gasteiger partial charge on any atom is -0.453 e. The molecule has 2 saturated heterocycles. The van der Waals surface area contributed by atoms with Crippen molar-refractivity contribution in [3.63, 3.8) is 0 Å². The molecule has 3 fully saturated rings. The second kappa shape index (κ2) is 9.88. The Balaban J connectivity index is 1.16. The fourth-order valence-electron chi connectivity index (χ4n) is 4.64. The highest BCUT2D eigenvalue weighted by Crippen LogP contribution is 2.37. The van der Waals surface area contributed by atoms with Crippen LogP contribution in [0.5, 0.6) is 11.5 Å². The van der Waals surface area contributed by atoms with Gasteiger partial charge in [0.1, 0.15) is 5.75 Å². The van der Waals surface area contributed by atoms with Gasteiger partial charge in [0.05, 0.1) is 15.1 Å². The highest BCUT2D eigenvalue weighted by atomic mass is 32.1. The molecule has 4 heterocycles. The molecule has 2 aliphatic heterocycles. The number of fused-ring (bicyclic) bond motifs is 1. The van der Waals surface area contributed by atoms with Gasteiger partial charge < -0.3 is 29.7 Å². The molecule has 194 valence electrons. The second-order valence-corrected chi connectivity index (χ2v) is 10.7. The van der Waals surface area contributed by atoms with Crippen LogP contribution in [0.3, 0.4) is 0 Å². The number of nitrogens with zero attached hydrogens (tertiary/aromatic N) is 2. The Hall–Kier alpha value is -3.28. The van der Waals surface area contributed by atoms with Crippen LogP contribution in [0.2, 0.25) is 0 Å². The number of piperidine rings is 1. The molecule has 2 aromatic heterocycles. The first-order valence-electron chi connectivity index (χ1n) is 12.5. The lowest BCUT2D eigenvalue weighted by atomic mass is 9.96. The number of rotatable bonds is 6. The SMILES string of the molecule is CC1OC(C2CCCN(C(=O)c3cc4nccc(Oc5ccc(NC(=O)NC6CC6)cc5F)c4s3)C2)O1. The number of aromatic nitrogens is 1. The van der Waals surface area contributed by atoms with E-state index in [0.29, 0.717) is 39.6 Å². The molecule has 3 aromatic rings. The summed E-state index contributed by atoms with van der Waals surface area (Å²) in [5.41, 5.74) is 0.938. The number of amides is 3. The number of benzene rings is 1. The van der Waals surface area contributed by atoms with Crippen LogP contribution in [-0.4, -0.2) is 53.5 Å². The zero-order valence-corrected chi connectivity index (χ0v) is 21.1. The molecule has 3 amide bonds. The molecule has 37 heavy (non-hydrogen) atoms. The van der Waals surface area contributed by atoms with E-state index in [1.54, 1.807) is 24.4 Å². The van der Waals surface area contributed by atoms with E-state index in [2.05, 4.69) is 15.6 Å². The first-order valence-corrected chi connectivity index (χ1v) is 13.3. The van der Waals surface area contributed by atoms with Crippen LogP contribution in [0, 0.1) is 11.7 Å². The van der Waals surface area contributed by atoms with Crippen LogP contribution in [-0.2, 0) is 9.47 Å². The highest BCUT2D eigenvalue weighted by molar-refractivity contribution is 7.21. The summed E-state index contributed by atoms with van der Waals surface area (Å²) in [6.45, 7) is 3.11. The highest BCUT2D eigenvalue weighted by Gasteiger charge is 2.38. The van der Waals surface area contributed by atoms with Crippen molar-refractivity contribution in [3.05, 3.63) is 47.2 Å². The van der Waals surface area contributed by atoms with Crippen LogP contribution >= 0.6 is 11.3 Å². The molecule has 1 aromatic carbocycles. The third kappa shape index (κ3) is 5.25. The molecule has 2 N–H and O–H groups in total. The standard InChI is InChI=1S/C26H27FN4O5S/c1-14-34-25(35-14)15-3-2-10-31(13-15)24(32)22-12-19-23(37-22)21(8-9-28-19)36-20-7-6-17(11-18(20)27)30-26(33)29-16-4-5-16/h6-9,11-12,14-16,25H,2-5,10,13H2,1H3,(H2,29,30,33). The zero-order chi connectivity index (χ0) is 25.5. The second-order valence-electron chi connectivity index (χ2n) is 9.62. The Kier molecular flexibility index (Phi) is 6.43. The molecule has 1 atom stereocenters. The molecule has 6 rings (SSSR count). The van der Waals surface area contributed by atoms with Crippen LogP contribution in [0.15, 0.2) is 36.5 Å². The van der Waals surface area contributed by atoms with Crippen LogP contribution in [0.4, 0.5) is 14.9 Å². The Bertz CT molecular complexity index is 1340. The summed E-state index contributed by atoms with van der Waals surface area (Å²) in [6.07, 6.45) is 4.90. The fraction of sp³-hybridized carbons (Fsp3) is 0.423. The summed E-state index contributed by atoms with van der Waals surface area (Å²) < 4.78 is 32.6. The van der Waals surface area contributed by atoms with Crippen LogP contribution in [0.1, 0.15) is 42.3 Å². The van der Waals surface area contributed by atoms with E-state index in [1.165, 1.54) is 23.5 Å². The van der Waals surface area contributed by atoms with Crippen molar-refractivity contribution in [1.29, 1.82) is 0 Å². The Morgan fingerprint density at radius 1 is 1.16 bits per heavy atom. The lowest BCUT2D eigenvalue weighted by Gasteiger charge is -2.43. The molecule has 0 bridgehead atoms. The lowest BCUT2D eigenvalue weighted by Crippen LogP contribution is -2.51. The largest absolute Gasteiger partial charge is 0.453 e. The minimum atomic E-state index is -0.615. The van der Waals surface area contributed by atoms with Crippen molar-refractivity contribution in [2.45, 2.75) is 51.2 Å². The van der Waals surface area contributed by atoms with E-state index in [9.17, 15) is 14.0 Å². The quantitative estimate of drug-likeness (QED) is 0.464. The molecular formula is C26H27FN4O5S. The number of ether oxygens (including phenoxy) is 3. The summed E-state index contributed by atoms with van der Waals surface area (Å²) in [5.74, 6) is -0.119. The molecule has 1 unspecified atom stereocenters.